The maximum Gasteiger partial charge on any atom is 0.256 e. The number of hydrogen-bond donors (Lipinski definition) is 1. The van der Waals surface area contributed by atoms with Crippen LogP contribution in [0.4, 0.5) is 5.69 Å². The van der Waals surface area contributed by atoms with E-state index in [1.54, 1.807) is 32.2 Å². The monoisotopic (exact) mass is 332 g/mol. The molecular weight excluding hydrogens is 304 g/mol. The molecule has 0 radical (unpaired) electrons. The van der Waals surface area contributed by atoms with Gasteiger partial charge >= 0.3 is 0 Å². The number of carbonyl (C=O) groups excluding carboxylic acids is 1. The second kappa shape index (κ2) is 9.94. The van der Waals surface area contributed by atoms with Crippen LogP contribution in [0.15, 0.2) is 18.2 Å². The first-order valence-electron chi connectivity index (χ1n) is 8.54. The van der Waals surface area contributed by atoms with Crippen LogP contribution >= 0.6 is 0 Å². The predicted molar refractivity (Wildman–Crippen MR) is 95.1 cm³/mol. The van der Waals surface area contributed by atoms with E-state index < -0.39 is 5.60 Å². The minimum Gasteiger partial charge on any atom is -0.492 e. The van der Waals surface area contributed by atoms with Gasteiger partial charge < -0.3 is 14.8 Å². The molecule has 1 aromatic carbocycles. The van der Waals surface area contributed by atoms with Crippen molar-refractivity contribution in [3.05, 3.63) is 23.8 Å². The first kappa shape index (κ1) is 20.0. The number of benzene rings is 1. The number of nitriles is 1. The van der Waals surface area contributed by atoms with Gasteiger partial charge in [-0.2, -0.15) is 5.26 Å². The quantitative estimate of drug-likeness (QED) is 0.649. The van der Waals surface area contributed by atoms with Crippen LogP contribution in [0, 0.1) is 11.3 Å². The lowest BCUT2D eigenvalue weighted by Gasteiger charge is -2.26. The van der Waals surface area contributed by atoms with Gasteiger partial charge in [0.15, 0.2) is 0 Å². The fraction of sp³-hybridized carbons (Fsp3) is 0.579. The number of methoxy groups -OCH3 is 1. The van der Waals surface area contributed by atoms with Gasteiger partial charge in [-0.3, -0.25) is 4.79 Å². The van der Waals surface area contributed by atoms with Crippen molar-refractivity contribution in [3.8, 4) is 11.8 Å². The smallest absolute Gasteiger partial charge is 0.256 e. The highest BCUT2D eigenvalue weighted by molar-refractivity contribution is 5.97. The van der Waals surface area contributed by atoms with Crippen molar-refractivity contribution in [1.29, 1.82) is 5.26 Å². The normalized spacial score (nSPS) is 13.0. The molecule has 24 heavy (non-hydrogen) atoms. The van der Waals surface area contributed by atoms with E-state index in [1.165, 1.54) is 0 Å². The molecule has 1 rings (SSSR count). The molecule has 5 nitrogen and oxygen atoms in total. The number of nitrogens with one attached hydrogen (secondary N) is 1. The average molecular weight is 332 g/mol. The fourth-order valence-corrected chi connectivity index (χ4v) is 2.23. The van der Waals surface area contributed by atoms with Crippen LogP contribution in [0.3, 0.4) is 0 Å². The second-order valence-corrected chi connectivity index (χ2v) is 6.02. The maximum absolute atomic E-state index is 12.5. The van der Waals surface area contributed by atoms with Gasteiger partial charge in [0.05, 0.1) is 12.2 Å². The zero-order valence-corrected chi connectivity index (χ0v) is 15.1. The zero-order valence-electron chi connectivity index (χ0n) is 15.1. The van der Waals surface area contributed by atoms with E-state index >= 15 is 0 Å². The zero-order chi connectivity index (χ0) is 18.0. The molecule has 1 amide bonds. The molecule has 132 valence electrons. The lowest BCUT2D eigenvalue weighted by atomic mass is 9.97. The van der Waals surface area contributed by atoms with Crippen molar-refractivity contribution in [1.82, 2.24) is 0 Å². The molecule has 1 aromatic rings. The number of carbonyl (C=O) groups is 1. The van der Waals surface area contributed by atoms with Crippen LogP contribution in [-0.4, -0.2) is 25.2 Å². The van der Waals surface area contributed by atoms with Gasteiger partial charge in [-0.25, -0.2) is 0 Å². The van der Waals surface area contributed by atoms with Crippen molar-refractivity contribution in [2.45, 2.75) is 58.5 Å². The minimum absolute atomic E-state index is 0.206. The summed E-state index contributed by atoms with van der Waals surface area (Å²) >= 11 is 0. The molecule has 0 saturated carbocycles. The second-order valence-electron chi connectivity index (χ2n) is 6.02. The maximum atomic E-state index is 12.5. The molecule has 5 heteroatoms. The lowest BCUT2D eigenvalue weighted by molar-refractivity contribution is -0.136. The van der Waals surface area contributed by atoms with E-state index in [1.807, 2.05) is 0 Å². The lowest BCUT2D eigenvalue weighted by Crippen LogP contribution is -2.41. The number of anilines is 1. The summed E-state index contributed by atoms with van der Waals surface area (Å²) < 4.78 is 11.0. The summed E-state index contributed by atoms with van der Waals surface area (Å²) in [5.41, 5.74) is 0.106. The molecule has 1 N–H and O–H groups in total. The Morgan fingerprint density at radius 2 is 2.00 bits per heavy atom. The highest BCUT2D eigenvalue weighted by Crippen LogP contribution is 2.25. The van der Waals surface area contributed by atoms with Crippen molar-refractivity contribution in [2.75, 3.05) is 19.0 Å². The first-order chi connectivity index (χ1) is 11.5. The summed E-state index contributed by atoms with van der Waals surface area (Å²) in [5, 5.41) is 12.1. The SMILES string of the molecule is CCCCOc1ccc(NC(=O)C(C)(CCCC)OC)cc1C#N. The number of nitrogens with zero attached hydrogens (tertiary/aromatic N) is 1. The van der Waals surface area contributed by atoms with Gasteiger partial charge in [-0.05, 0) is 38.0 Å². The molecule has 0 aliphatic rings. The topological polar surface area (TPSA) is 71.3 Å². The number of amides is 1. The van der Waals surface area contributed by atoms with E-state index in [0.717, 1.165) is 25.7 Å². The third-order valence-electron chi connectivity index (χ3n) is 4.05. The molecule has 0 aliphatic carbocycles. The summed E-state index contributed by atoms with van der Waals surface area (Å²) in [7, 11) is 1.54. The Kier molecular flexibility index (Phi) is 8.28. The number of hydrogen-bond acceptors (Lipinski definition) is 4. The highest BCUT2D eigenvalue weighted by Gasteiger charge is 2.32. The fourth-order valence-electron chi connectivity index (χ4n) is 2.23. The van der Waals surface area contributed by atoms with Crippen molar-refractivity contribution < 1.29 is 14.3 Å². The van der Waals surface area contributed by atoms with Gasteiger partial charge in [0, 0.05) is 12.8 Å². The number of ether oxygens (including phenoxy) is 2. The summed E-state index contributed by atoms with van der Waals surface area (Å²) in [6, 6.07) is 7.22. The van der Waals surface area contributed by atoms with Gasteiger partial charge in [0.25, 0.3) is 5.91 Å². The van der Waals surface area contributed by atoms with Gasteiger partial charge in [-0.1, -0.05) is 33.1 Å². The molecule has 1 unspecified atom stereocenters. The number of rotatable bonds is 10. The largest absolute Gasteiger partial charge is 0.492 e. The van der Waals surface area contributed by atoms with Crippen LogP contribution in [0.1, 0.15) is 58.4 Å². The average Bonchev–Trinajstić information content (AvgIpc) is 2.60. The molecule has 0 bridgehead atoms. The van der Waals surface area contributed by atoms with Crippen LogP contribution in [0.2, 0.25) is 0 Å². The number of unbranched alkanes of at least 4 members (excludes halogenated alkanes) is 2. The Hall–Kier alpha value is -2.06. The molecule has 0 fully saturated rings. The van der Waals surface area contributed by atoms with Crippen LogP contribution < -0.4 is 10.1 Å². The Morgan fingerprint density at radius 3 is 2.58 bits per heavy atom. The summed E-state index contributed by atoms with van der Waals surface area (Å²) in [5.74, 6) is 0.339. The van der Waals surface area contributed by atoms with Gasteiger partial charge in [0.2, 0.25) is 0 Å². The summed E-state index contributed by atoms with van der Waals surface area (Å²) in [6.07, 6.45) is 4.52. The highest BCUT2D eigenvalue weighted by atomic mass is 16.5. The third kappa shape index (κ3) is 5.54. The predicted octanol–water partition coefficient (Wildman–Crippen LogP) is 4.27. The Morgan fingerprint density at radius 1 is 1.29 bits per heavy atom. The van der Waals surface area contributed by atoms with E-state index in [0.29, 0.717) is 30.0 Å². The Labute approximate surface area is 145 Å². The molecule has 0 aliphatic heterocycles. The Balaban J connectivity index is 2.84. The molecule has 0 heterocycles. The van der Waals surface area contributed by atoms with E-state index in [-0.39, 0.29) is 5.91 Å². The van der Waals surface area contributed by atoms with Crippen molar-refractivity contribution in [3.63, 3.8) is 0 Å². The molecule has 0 spiro atoms. The van der Waals surface area contributed by atoms with Crippen molar-refractivity contribution >= 4 is 11.6 Å². The Bertz CT molecular complexity index is 580. The summed E-state index contributed by atoms with van der Waals surface area (Å²) in [6.45, 7) is 6.52. The summed E-state index contributed by atoms with van der Waals surface area (Å²) in [4.78, 5) is 12.5. The van der Waals surface area contributed by atoms with Crippen LogP contribution in [-0.2, 0) is 9.53 Å². The first-order valence-corrected chi connectivity index (χ1v) is 8.54. The van der Waals surface area contributed by atoms with Crippen LogP contribution in [0.25, 0.3) is 0 Å². The minimum atomic E-state index is -0.876. The molecule has 1 atom stereocenters. The standard InChI is InChI=1S/C19H28N2O3/c1-5-7-11-19(3,23-4)18(22)21-16-9-10-17(15(13-16)14-20)24-12-8-6-2/h9-10,13H,5-8,11-12H2,1-4H3,(H,21,22). The molecular formula is C19H28N2O3. The van der Waals surface area contributed by atoms with Gasteiger partial charge in [-0.15, -0.1) is 0 Å². The van der Waals surface area contributed by atoms with E-state index in [2.05, 4.69) is 25.2 Å². The molecule has 0 aromatic heterocycles. The van der Waals surface area contributed by atoms with Crippen LogP contribution in [0.5, 0.6) is 5.75 Å². The van der Waals surface area contributed by atoms with E-state index in [4.69, 9.17) is 9.47 Å². The molecule has 0 saturated heterocycles. The van der Waals surface area contributed by atoms with E-state index in [9.17, 15) is 10.1 Å². The third-order valence-corrected chi connectivity index (χ3v) is 4.05. The van der Waals surface area contributed by atoms with Gasteiger partial charge in [0.1, 0.15) is 17.4 Å². The van der Waals surface area contributed by atoms with Crippen molar-refractivity contribution in [2.24, 2.45) is 0 Å².